The van der Waals surface area contributed by atoms with Crippen molar-refractivity contribution in [2.24, 2.45) is 5.73 Å². The molecule has 1 amide bonds. The van der Waals surface area contributed by atoms with Crippen LogP contribution in [0.3, 0.4) is 0 Å². The summed E-state index contributed by atoms with van der Waals surface area (Å²) in [6.45, 7) is 8.46. The molecule has 0 aromatic heterocycles. The minimum atomic E-state index is -0.343. The summed E-state index contributed by atoms with van der Waals surface area (Å²) < 4.78 is 0. The zero-order valence-electron chi connectivity index (χ0n) is 11.8. The summed E-state index contributed by atoms with van der Waals surface area (Å²) in [7, 11) is 0. The van der Waals surface area contributed by atoms with E-state index in [2.05, 4.69) is 31.3 Å². The van der Waals surface area contributed by atoms with Crippen molar-refractivity contribution in [3.05, 3.63) is 35.9 Å². The average Bonchev–Trinajstić information content (AvgIpc) is 2.28. The Morgan fingerprint density at radius 3 is 2.22 bits per heavy atom. The minimum absolute atomic E-state index is 0.0410. The van der Waals surface area contributed by atoms with Gasteiger partial charge < -0.3 is 11.1 Å². The number of carbonyl (C=O) groups is 1. The van der Waals surface area contributed by atoms with Crippen LogP contribution in [-0.4, -0.2) is 18.0 Å². The van der Waals surface area contributed by atoms with Gasteiger partial charge >= 0.3 is 0 Å². The monoisotopic (exact) mass is 248 g/mol. The summed E-state index contributed by atoms with van der Waals surface area (Å²) in [5.41, 5.74) is 6.27. The van der Waals surface area contributed by atoms with Gasteiger partial charge in [-0.05, 0) is 24.8 Å². The van der Waals surface area contributed by atoms with Gasteiger partial charge in [0.1, 0.15) is 0 Å². The molecule has 0 bridgehead atoms. The molecular formula is C15H24N2O. The van der Waals surface area contributed by atoms with Crippen molar-refractivity contribution < 1.29 is 4.79 Å². The van der Waals surface area contributed by atoms with E-state index in [4.69, 9.17) is 5.73 Å². The van der Waals surface area contributed by atoms with Crippen LogP contribution in [0.5, 0.6) is 0 Å². The lowest BCUT2D eigenvalue weighted by atomic mass is 9.81. The van der Waals surface area contributed by atoms with Crippen molar-refractivity contribution in [3.63, 3.8) is 0 Å². The van der Waals surface area contributed by atoms with Crippen LogP contribution in [0.4, 0.5) is 0 Å². The Kier molecular flexibility index (Phi) is 4.52. The standard InChI is InChI=1S/C15H24N2O/c1-14(2,12-8-6-5-7-9-12)10-13(18)17-15(3,4)11-16/h5-9H,10-11,16H2,1-4H3,(H,17,18). The topological polar surface area (TPSA) is 55.1 Å². The number of hydrogen-bond donors (Lipinski definition) is 2. The maximum absolute atomic E-state index is 12.0. The van der Waals surface area contributed by atoms with Gasteiger partial charge in [0.15, 0.2) is 0 Å². The maximum Gasteiger partial charge on any atom is 0.221 e. The number of hydrogen-bond acceptors (Lipinski definition) is 2. The Hall–Kier alpha value is -1.35. The van der Waals surface area contributed by atoms with Gasteiger partial charge in [0.2, 0.25) is 5.91 Å². The van der Waals surface area contributed by atoms with Crippen LogP contribution < -0.4 is 11.1 Å². The summed E-state index contributed by atoms with van der Waals surface area (Å²) >= 11 is 0. The van der Waals surface area contributed by atoms with E-state index in [1.54, 1.807) is 0 Å². The van der Waals surface area contributed by atoms with Gasteiger partial charge in [-0.1, -0.05) is 44.2 Å². The number of carbonyl (C=O) groups excluding carboxylic acids is 1. The molecule has 0 atom stereocenters. The fourth-order valence-corrected chi connectivity index (χ4v) is 1.87. The van der Waals surface area contributed by atoms with E-state index in [9.17, 15) is 4.79 Å². The molecule has 0 aliphatic carbocycles. The number of nitrogens with one attached hydrogen (secondary N) is 1. The van der Waals surface area contributed by atoms with Gasteiger partial charge in [0.05, 0.1) is 0 Å². The zero-order chi connectivity index (χ0) is 13.8. The molecule has 0 unspecified atom stereocenters. The third-order valence-corrected chi connectivity index (χ3v) is 3.15. The van der Waals surface area contributed by atoms with Crippen molar-refractivity contribution in [1.29, 1.82) is 0 Å². The summed E-state index contributed by atoms with van der Waals surface area (Å²) in [6.07, 6.45) is 0.459. The predicted octanol–water partition coefficient (Wildman–Crippen LogP) is 2.21. The summed E-state index contributed by atoms with van der Waals surface area (Å²) in [5.74, 6) is 0.0410. The molecule has 3 nitrogen and oxygen atoms in total. The normalized spacial score (nSPS) is 12.3. The molecule has 0 radical (unpaired) electrons. The third kappa shape index (κ3) is 4.15. The van der Waals surface area contributed by atoms with E-state index < -0.39 is 0 Å². The number of benzene rings is 1. The molecule has 18 heavy (non-hydrogen) atoms. The van der Waals surface area contributed by atoms with E-state index in [1.165, 1.54) is 5.56 Å². The summed E-state index contributed by atoms with van der Waals surface area (Å²) in [5, 5.41) is 2.97. The zero-order valence-corrected chi connectivity index (χ0v) is 11.8. The van der Waals surface area contributed by atoms with Gasteiger partial charge in [-0.2, -0.15) is 0 Å². The van der Waals surface area contributed by atoms with Gasteiger partial charge in [0, 0.05) is 18.5 Å². The lowest BCUT2D eigenvalue weighted by Gasteiger charge is -2.29. The maximum atomic E-state index is 12.0. The molecule has 1 aromatic carbocycles. The molecule has 0 saturated carbocycles. The van der Waals surface area contributed by atoms with E-state index in [0.29, 0.717) is 13.0 Å². The van der Waals surface area contributed by atoms with Crippen LogP contribution in [-0.2, 0) is 10.2 Å². The van der Waals surface area contributed by atoms with E-state index >= 15 is 0 Å². The predicted molar refractivity (Wildman–Crippen MR) is 75.4 cm³/mol. The van der Waals surface area contributed by atoms with Crippen LogP contribution in [0.15, 0.2) is 30.3 Å². The fraction of sp³-hybridized carbons (Fsp3) is 0.533. The van der Waals surface area contributed by atoms with E-state index in [-0.39, 0.29) is 16.9 Å². The first kappa shape index (κ1) is 14.7. The molecule has 1 rings (SSSR count). The van der Waals surface area contributed by atoms with Crippen molar-refractivity contribution in [1.82, 2.24) is 5.32 Å². The second kappa shape index (κ2) is 5.53. The third-order valence-electron chi connectivity index (χ3n) is 3.15. The van der Waals surface area contributed by atoms with E-state index in [0.717, 1.165) is 0 Å². The number of amides is 1. The Labute approximate surface area is 110 Å². The Morgan fingerprint density at radius 2 is 1.72 bits per heavy atom. The molecule has 3 heteroatoms. The van der Waals surface area contributed by atoms with Crippen molar-refractivity contribution in [3.8, 4) is 0 Å². The first-order chi connectivity index (χ1) is 8.27. The largest absolute Gasteiger partial charge is 0.350 e. The second-order valence-electron chi connectivity index (χ2n) is 6.06. The van der Waals surface area contributed by atoms with Crippen LogP contribution in [0.1, 0.15) is 39.7 Å². The molecule has 0 spiro atoms. The van der Waals surface area contributed by atoms with Crippen LogP contribution in [0.2, 0.25) is 0 Å². The highest BCUT2D eigenvalue weighted by Gasteiger charge is 2.26. The van der Waals surface area contributed by atoms with Crippen LogP contribution in [0.25, 0.3) is 0 Å². The minimum Gasteiger partial charge on any atom is -0.350 e. The van der Waals surface area contributed by atoms with Crippen molar-refractivity contribution >= 4 is 5.91 Å². The SMILES string of the molecule is CC(C)(CN)NC(=O)CC(C)(C)c1ccccc1. The Bertz CT molecular complexity index is 396. The van der Waals surface area contributed by atoms with Crippen molar-refractivity contribution in [2.45, 2.75) is 45.1 Å². The molecule has 0 heterocycles. The van der Waals surface area contributed by atoms with Gasteiger partial charge in [-0.3, -0.25) is 4.79 Å². The molecule has 1 aromatic rings. The quantitative estimate of drug-likeness (QED) is 0.839. The van der Waals surface area contributed by atoms with Crippen LogP contribution in [0, 0.1) is 0 Å². The number of rotatable bonds is 5. The summed E-state index contributed by atoms with van der Waals surface area (Å²) in [4.78, 5) is 12.0. The van der Waals surface area contributed by atoms with Gasteiger partial charge in [0.25, 0.3) is 0 Å². The molecule has 0 fully saturated rings. The molecule has 100 valence electrons. The lowest BCUT2D eigenvalue weighted by Crippen LogP contribution is -2.49. The summed E-state index contributed by atoms with van der Waals surface area (Å²) in [6, 6.07) is 10.1. The first-order valence-corrected chi connectivity index (χ1v) is 6.33. The Balaban J connectivity index is 2.70. The lowest BCUT2D eigenvalue weighted by molar-refractivity contribution is -0.123. The second-order valence-corrected chi connectivity index (χ2v) is 6.06. The first-order valence-electron chi connectivity index (χ1n) is 6.33. The fourth-order valence-electron chi connectivity index (χ4n) is 1.87. The highest BCUT2D eigenvalue weighted by molar-refractivity contribution is 5.78. The highest BCUT2D eigenvalue weighted by Crippen LogP contribution is 2.26. The van der Waals surface area contributed by atoms with Crippen LogP contribution >= 0.6 is 0 Å². The highest BCUT2D eigenvalue weighted by atomic mass is 16.1. The van der Waals surface area contributed by atoms with Crippen molar-refractivity contribution in [2.75, 3.05) is 6.54 Å². The van der Waals surface area contributed by atoms with Gasteiger partial charge in [-0.15, -0.1) is 0 Å². The number of nitrogens with two attached hydrogens (primary N) is 1. The molecule has 0 aliphatic rings. The average molecular weight is 248 g/mol. The Morgan fingerprint density at radius 1 is 1.17 bits per heavy atom. The molecule has 3 N–H and O–H groups in total. The molecule has 0 aliphatic heterocycles. The molecule has 0 saturated heterocycles. The smallest absolute Gasteiger partial charge is 0.221 e. The van der Waals surface area contributed by atoms with E-state index in [1.807, 2.05) is 32.0 Å². The van der Waals surface area contributed by atoms with Gasteiger partial charge in [-0.25, -0.2) is 0 Å². The molecular weight excluding hydrogens is 224 g/mol.